The van der Waals surface area contributed by atoms with E-state index in [1.54, 1.807) is 19.2 Å². The molecule has 4 aromatic rings. The van der Waals surface area contributed by atoms with Gasteiger partial charge in [-0.1, -0.05) is 12.1 Å². The Kier molecular flexibility index (Phi) is 5.93. The first kappa shape index (κ1) is 21.4. The minimum Gasteiger partial charge on any atom is -0.453 e. The molecule has 4 heterocycles. The van der Waals surface area contributed by atoms with Crippen LogP contribution in [0.1, 0.15) is 44.5 Å². The zero-order valence-corrected chi connectivity index (χ0v) is 18.9. The number of fused-ring (bicyclic) bond motifs is 2. The fourth-order valence-electron chi connectivity index (χ4n) is 4.42. The highest BCUT2D eigenvalue weighted by Crippen LogP contribution is 2.25. The molecule has 33 heavy (non-hydrogen) atoms. The number of rotatable bonds is 7. The van der Waals surface area contributed by atoms with Crippen LogP contribution in [0.5, 0.6) is 0 Å². The number of aromatic nitrogens is 3. The van der Waals surface area contributed by atoms with Gasteiger partial charge < -0.3 is 19.5 Å². The van der Waals surface area contributed by atoms with E-state index in [0.717, 1.165) is 54.2 Å². The van der Waals surface area contributed by atoms with Crippen molar-refractivity contribution in [3.63, 3.8) is 0 Å². The number of furan rings is 1. The first-order valence-electron chi connectivity index (χ1n) is 11.1. The summed E-state index contributed by atoms with van der Waals surface area (Å²) >= 11 is 0. The number of H-pyrrole nitrogens is 1. The molecule has 0 atom stereocenters. The molecule has 1 aromatic carbocycles. The normalized spacial score (nSPS) is 13.9. The number of pyridine rings is 1. The van der Waals surface area contributed by atoms with Crippen LogP contribution in [-0.4, -0.2) is 39.4 Å². The van der Waals surface area contributed by atoms with Gasteiger partial charge in [-0.05, 0) is 54.3 Å². The van der Waals surface area contributed by atoms with Crippen LogP contribution in [0, 0.1) is 6.92 Å². The van der Waals surface area contributed by atoms with Gasteiger partial charge in [-0.3, -0.25) is 14.7 Å². The molecule has 0 unspecified atom stereocenters. The van der Waals surface area contributed by atoms with E-state index in [-0.39, 0.29) is 11.7 Å². The molecule has 5 rings (SSSR count). The molecule has 0 aliphatic carbocycles. The fraction of sp³-hybridized carbons (Fsp3) is 0.320. The number of aryl methyl sites for hydroxylation is 1. The van der Waals surface area contributed by atoms with Crippen molar-refractivity contribution in [2.45, 2.75) is 39.6 Å². The predicted octanol–water partition coefficient (Wildman–Crippen LogP) is 3.49. The van der Waals surface area contributed by atoms with E-state index in [9.17, 15) is 4.79 Å². The quantitative estimate of drug-likeness (QED) is 0.452. The summed E-state index contributed by atoms with van der Waals surface area (Å²) in [4.78, 5) is 27.7. The Morgan fingerprint density at radius 1 is 1.27 bits per heavy atom. The van der Waals surface area contributed by atoms with Gasteiger partial charge >= 0.3 is 0 Å². The highest BCUT2D eigenvalue weighted by Gasteiger charge is 2.22. The maximum atomic E-state index is 12.6. The van der Waals surface area contributed by atoms with Gasteiger partial charge in [0.05, 0.1) is 17.6 Å². The van der Waals surface area contributed by atoms with E-state index < -0.39 is 0 Å². The molecular weight excluding hydrogens is 418 g/mol. The van der Waals surface area contributed by atoms with Crippen molar-refractivity contribution in [1.82, 2.24) is 25.2 Å². The summed E-state index contributed by atoms with van der Waals surface area (Å²) in [7, 11) is 1.59. The number of nitrogens with zero attached hydrogens (tertiary/aromatic N) is 3. The van der Waals surface area contributed by atoms with Crippen molar-refractivity contribution < 1.29 is 13.9 Å². The van der Waals surface area contributed by atoms with Gasteiger partial charge in [-0.25, -0.2) is 4.98 Å². The monoisotopic (exact) mass is 445 g/mol. The van der Waals surface area contributed by atoms with E-state index in [1.165, 1.54) is 11.1 Å². The summed E-state index contributed by atoms with van der Waals surface area (Å²) < 4.78 is 10.6. The molecule has 0 bridgehead atoms. The van der Waals surface area contributed by atoms with Crippen LogP contribution in [0.2, 0.25) is 0 Å². The molecule has 0 spiro atoms. The van der Waals surface area contributed by atoms with Crippen molar-refractivity contribution in [3.05, 3.63) is 82.3 Å². The highest BCUT2D eigenvalue weighted by molar-refractivity contribution is 5.91. The third-order valence-corrected chi connectivity index (χ3v) is 6.08. The minimum absolute atomic E-state index is 0.239. The molecule has 0 fully saturated rings. The second-order valence-corrected chi connectivity index (χ2v) is 8.37. The minimum atomic E-state index is -0.239. The van der Waals surface area contributed by atoms with Crippen molar-refractivity contribution in [1.29, 1.82) is 0 Å². The molecule has 170 valence electrons. The Balaban J connectivity index is 1.27. The maximum Gasteiger partial charge on any atom is 0.287 e. The Bertz CT molecular complexity index is 1260. The molecule has 1 aliphatic heterocycles. The lowest BCUT2D eigenvalue weighted by molar-refractivity contribution is 0.0914. The summed E-state index contributed by atoms with van der Waals surface area (Å²) in [5.41, 5.74) is 6.57. The smallest absolute Gasteiger partial charge is 0.287 e. The molecular formula is C25H27N5O3. The number of benzene rings is 1. The Morgan fingerprint density at radius 2 is 2.15 bits per heavy atom. The van der Waals surface area contributed by atoms with Crippen LogP contribution in [-0.2, 0) is 37.4 Å². The van der Waals surface area contributed by atoms with Gasteiger partial charge in [0.1, 0.15) is 18.2 Å². The predicted molar refractivity (Wildman–Crippen MR) is 123 cm³/mol. The fourth-order valence-corrected chi connectivity index (χ4v) is 4.42. The molecule has 2 N–H and O–H groups in total. The molecule has 8 nitrogen and oxygen atoms in total. The highest BCUT2D eigenvalue weighted by atomic mass is 16.5. The topological polar surface area (TPSA) is 96.3 Å². The second kappa shape index (κ2) is 9.17. The van der Waals surface area contributed by atoms with Crippen molar-refractivity contribution in [2.24, 2.45) is 0 Å². The molecule has 0 saturated carbocycles. The summed E-state index contributed by atoms with van der Waals surface area (Å²) in [6, 6.07) is 11.5. The molecule has 3 aromatic heterocycles. The lowest BCUT2D eigenvalue weighted by atomic mass is 9.95. The zero-order chi connectivity index (χ0) is 22.8. The van der Waals surface area contributed by atoms with Crippen molar-refractivity contribution in [2.75, 3.05) is 13.7 Å². The zero-order valence-electron chi connectivity index (χ0n) is 18.9. The van der Waals surface area contributed by atoms with Crippen molar-refractivity contribution >= 4 is 16.9 Å². The van der Waals surface area contributed by atoms with Crippen LogP contribution in [0.4, 0.5) is 0 Å². The number of para-hydroxylation sites is 2. The molecule has 1 amide bonds. The lowest BCUT2D eigenvalue weighted by Crippen LogP contribution is -2.32. The van der Waals surface area contributed by atoms with Gasteiger partial charge in [-0.2, -0.15) is 0 Å². The number of aromatic amines is 1. The summed E-state index contributed by atoms with van der Waals surface area (Å²) in [6.07, 6.45) is 2.87. The van der Waals surface area contributed by atoms with E-state index in [4.69, 9.17) is 14.1 Å². The lowest BCUT2D eigenvalue weighted by Gasteiger charge is -2.29. The number of nitrogens with one attached hydrogen (secondary N) is 2. The van der Waals surface area contributed by atoms with Crippen LogP contribution < -0.4 is 5.32 Å². The number of carbonyl (C=O) groups is 1. The van der Waals surface area contributed by atoms with E-state index in [2.05, 4.69) is 20.2 Å². The maximum absolute atomic E-state index is 12.6. The number of imidazole rings is 1. The number of hydrogen-bond donors (Lipinski definition) is 2. The van der Waals surface area contributed by atoms with Crippen LogP contribution in [0.25, 0.3) is 11.0 Å². The van der Waals surface area contributed by atoms with Crippen LogP contribution in [0.15, 0.2) is 47.0 Å². The molecule has 8 heteroatoms. The molecule has 0 radical (unpaired) electrons. The van der Waals surface area contributed by atoms with Crippen molar-refractivity contribution in [3.8, 4) is 0 Å². The molecule has 1 aliphatic rings. The number of hydrogen-bond acceptors (Lipinski definition) is 6. The Hall–Kier alpha value is -3.49. The number of ether oxygens (including phenoxy) is 1. The second-order valence-electron chi connectivity index (χ2n) is 8.37. The average molecular weight is 446 g/mol. The SMILES string of the molecule is COCc1ccc(C(=O)NCc2c(C)ncc3c2CCN(Cc2nc4ccccc4[nH]2)C3)o1. The molecule has 0 saturated heterocycles. The third-order valence-electron chi connectivity index (χ3n) is 6.08. The van der Waals surface area contributed by atoms with E-state index in [1.807, 2.05) is 37.4 Å². The van der Waals surface area contributed by atoms with Gasteiger partial charge in [0.25, 0.3) is 5.91 Å². The first-order valence-corrected chi connectivity index (χ1v) is 11.1. The Morgan fingerprint density at radius 3 is 3.00 bits per heavy atom. The largest absolute Gasteiger partial charge is 0.453 e. The average Bonchev–Trinajstić information content (AvgIpc) is 3.45. The van der Waals surface area contributed by atoms with Gasteiger partial charge in [0.15, 0.2) is 5.76 Å². The summed E-state index contributed by atoms with van der Waals surface area (Å²) in [6.45, 7) is 5.24. The summed E-state index contributed by atoms with van der Waals surface area (Å²) in [5.74, 6) is 1.65. The summed E-state index contributed by atoms with van der Waals surface area (Å²) in [5, 5.41) is 2.99. The number of carbonyl (C=O) groups excluding carboxylic acids is 1. The first-order chi connectivity index (χ1) is 16.1. The van der Waals surface area contributed by atoms with Gasteiger partial charge in [0.2, 0.25) is 0 Å². The standard InChI is InChI=1S/C25H27N5O3/c1-16-20(12-27-25(31)23-8-7-18(33-23)15-32-2)19-9-10-30(13-17(19)11-26-16)14-24-28-21-5-3-4-6-22(21)29-24/h3-8,11H,9-10,12-15H2,1-2H3,(H,27,31)(H,28,29). The number of methoxy groups -OCH3 is 1. The van der Waals surface area contributed by atoms with Gasteiger partial charge in [0, 0.05) is 38.6 Å². The van der Waals surface area contributed by atoms with Gasteiger partial charge in [-0.15, -0.1) is 0 Å². The Labute approximate surface area is 192 Å². The van der Waals surface area contributed by atoms with Crippen LogP contribution >= 0.6 is 0 Å². The third kappa shape index (κ3) is 4.53. The van der Waals surface area contributed by atoms with Crippen LogP contribution in [0.3, 0.4) is 0 Å². The number of amides is 1. The van der Waals surface area contributed by atoms with E-state index >= 15 is 0 Å². The van der Waals surface area contributed by atoms with E-state index in [0.29, 0.717) is 18.9 Å².